The van der Waals surface area contributed by atoms with E-state index in [2.05, 4.69) is 20.5 Å². The maximum atomic E-state index is 12.6. The molecule has 1 rings (SSSR count). The highest BCUT2D eigenvalue weighted by atomic mass is 28.2. The molecule has 60 valence electrons. The van der Waals surface area contributed by atoms with Gasteiger partial charge in [-0.05, 0) is 10.4 Å². The van der Waals surface area contributed by atoms with E-state index in [1.54, 1.807) is 0 Å². The summed E-state index contributed by atoms with van der Waals surface area (Å²) in [6, 6.07) is 0. The molecule has 0 N–H and O–H groups in total. The van der Waals surface area contributed by atoms with E-state index < -0.39 is 33.6 Å². The van der Waals surface area contributed by atoms with Crippen molar-refractivity contribution in [3.8, 4) is 0 Å². The van der Waals surface area contributed by atoms with Crippen molar-refractivity contribution in [3.63, 3.8) is 0 Å². The van der Waals surface area contributed by atoms with E-state index in [1.165, 1.54) is 0 Å². The molecule has 12 heavy (non-hydrogen) atoms. The van der Waals surface area contributed by atoms with Crippen LogP contribution in [0.4, 0.5) is 17.6 Å². The van der Waals surface area contributed by atoms with E-state index in [9.17, 15) is 17.6 Å². The molecule has 0 amide bonds. The third-order valence-electron chi connectivity index (χ3n) is 1.27. The summed E-state index contributed by atoms with van der Waals surface area (Å²) in [5.74, 6) is -6.59. The maximum absolute atomic E-state index is 12.6. The molecule has 0 aliphatic heterocycles. The van der Waals surface area contributed by atoms with Crippen LogP contribution in [0.2, 0.25) is 0 Å². The first-order chi connectivity index (χ1) is 5.46. The molecule has 0 atom stereocenters. The van der Waals surface area contributed by atoms with Crippen molar-refractivity contribution < 1.29 is 17.6 Å². The average molecular weight is 204 g/mol. The van der Waals surface area contributed by atoms with Gasteiger partial charge in [0.15, 0.2) is 23.3 Å². The molecule has 1 aromatic rings. The predicted octanol–water partition coefficient (Wildman–Crippen LogP) is -0.169. The van der Waals surface area contributed by atoms with Gasteiger partial charge in [0.1, 0.15) is 0 Å². The van der Waals surface area contributed by atoms with E-state index in [1.807, 2.05) is 0 Å². The number of halogens is 4. The topological polar surface area (TPSA) is 0 Å². The summed E-state index contributed by atoms with van der Waals surface area (Å²) in [7, 11) is 5.19. The second kappa shape index (κ2) is 3.02. The minimum atomic E-state index is -1.83. The van der Waals surface area contributed by atoms with Crippen molar-refractivity contribution in [2.45, 2.75) is 0 Å². The summed E-state index contributed by atoms with van der Waals surface area (Å²) in [6.45, 7) is 0. The van der Waals surface area contributed by atoms with Gasteiger partial charge in [-0.2, -0.15) is 0 Å². The van der Waals surface area contributed by atoms with Gasteiger partial charge in [0.2, 0.25) is 0 Å². The lowest BCUT2D eigenvalue weighted by molar-refractivity contribution is 0.416. The summed E-state index contributed by atoms with van der Waals surface area (Å²) in [5, 5.41) is -0.967. The van der Waals surface area contributed by atoms with Gasteiger partial charge in [0, 0.05) is 0 Å². The fraction of sp³-hybridized carbons (Fsp3) is 0. The molecule has 0 unspecified atom stereocenters. The van der Waals surface area contributed by atoms with Crippen LogP contribution < -0.4 is 10.4 Å². The monoisotopic (exact) mass is 204 g/mol. The second-order valence-corrected chi connectivity index (χ2v) is 3.01. The summed E-state index contributed by atoms with van der Waals surface area (Å²) in [5.41, 5.74) is 0. The van der Waals surface area contributed by atoms with Gasteiger partial charge in [-0.1, -0.05) is 0 Å². The van der Waals surface area contributed by atoms with Crippen LogP contribution >= 0.6 is 0 Å². The summed E-state index contributed by atoms with van der Waals surface area (Å²) < 4.78 is 49.9. The Labute approximate surface area is 72.4 Å². The van der Waals surface area contributed by atoms with Gasteiger partial charge in [0.25, 0.3) is 0 Å². The summed E-state index contributed by atoms with van der Waals surface area (Å²) >= 11 is 0. The minimum Gasteiger partial charge on any atom is -0.204 e. The van der Waals surface area contributed by atoms with Gasteiger partial charge in [-0.3, -0.25) is 0 Å². The molecule has 0 spiro atoms. The van der Waals surface area contributed by atoms with E-state index in [0.29, 0.717) is 0 Å². The van der Waals surface area contributed by atoms with E-state index >= 15 is 0 Å². The Bertz CT molecular complexity index is 232. The lowest BCUT2D eigenvalue weighted by atomic mass is 10.3. The van der Waals surface area contributed by atoms with Crippen LogP contribution in [0.3, 0.4) is 0 Å². The summed E-state index contributed by atoms with van der Waals surface area (Å²) in [4.78, 5) is 0. The molecule has 0 saturated heterocycles. The van der Waals surface area contributed by atoms with Gasteiger partial charge in [-0.25, -0.2) is 17.6 Å². The number of hydrogen-bond acceptors (Lipinski definition) is 0. The van der Waals surface area contributed by atoms with Crippen molar-refractivity contribution >= 4 is 30.9 Å². The molecule has 6 heteroatoms. The van der Waals surface area contributed by atoms with Crippen molar-refractivity contribution in [1.29, 1.82) is 0 Å². The minimum absolute atomic E-state index is 0.483. The molecule has 0 fully saturated rings. The number of rotatable bonds is 0. The predicted molar refractivity (Wildman–Crippen MR) is 37.0 cm³/mol. The van der Waals surface area contributed by atoms with Crippen molar-refractivity contribution in [2.24, 2.45) is 0 Å². The molecule has 0 bridgehead atoms. The van der Waals surface area contributed by atoms with Crippen LogP contribution in [0.15, 0.2) is 0 Å². The third-order valence-corrected chi connectivity index (χ3v) is 2.46. The van der Waals surface area contributed by atoms with E-state index in [0.717, 1.165) is 0 Å². The Balaban J connectivity index is 3.60. The lowest BCUT2D eigenvalue weighted by Crippen LogP contribution is -2.34. The first-order valence-electron chi connectivity index (χ1n) is 2.76. The first-order valence-corrected chi connectivity index (χ1v) is 3.76. The quantitative estimate of drug-likeness (QED) is 0.238. The normalized spacial score (nSPS) is 10.5. The van der Waals surface area contributed by atoms with Gasteiger partial charge >= 0.3 is 0 Å². The third kappa shape index (κ3) is 1.20. The van der Waals surface area contributed by atoms with Crippen LogP contribution in [0.1, 0.15) is 0 Å². The molecule has 1 aromatic carbocycles. The zero-order valence-electron chi connectivity index (χ0n) is 5.51. The van der Waals surface area contributed by atoms with Crippen LogP contribution in [0, 0.1) is 23.3 Å². The molecular formula is C6F4Si2. The molecule has 0 aliphatic rings. The van der Waals surface area contributed by atoms with Crippen LogP contribution in [-0.4, -0.2) is 20.5 Å². The standard InChI is InChI=1S/C6F4Si2/c7-1-2(8)4(10)6(12)5(11)3(1)9. The lowest BCUT2D eigenvalue weighted by Gasteiger charge is -2.05. The Hall–Kier alpha value is -0.626. The first kappa shape index (κ1) is 9.46. The Kier molecular flexibility index (Phi) is 2.38. The van der Waals surface area contributed by atoms with Crippen LogP contribution in [0.25, 0.3) is 0 Å². The Morgan fingerprint density at radius 3 is 1.08 bits per heavy atom. The highest BCUT2D eigenvalue weighted by Gasteiger charge is 2.19. The highest BCUT2D eigenvalue weighted by Crippen LogP contribution is 2.09. The number of benzene rings is 1. The van der Waals surface area contributed by atoms with Crippen molar-refractivity contribution in [1.82, 2.24) is 0 Å². The number of hydrogen-bond donors (Lipinski definition) is 0. The molecule has 0 saturated carbocycles. The molecule has 0 heterocycles. The Morgan fingerprint density at radius 2 is 0.833 bits per heavy atom. The average Bonchev–Trinajstić information content (AvgIpc) is 2.08. The highest BCUT2D eigenvalue weighted by molar-refractivity contribution is 6.48. The van der Waals surface area contributed by atoms with E-state index in [4.69, 9.17) is 0 Å². The maximum Gasteiger partial charge on any atom is 0.197 e. The smallest absolute Gasteiger partial charge is 0.197 e. The molecular weight excluding hydrogens is 204 g/mol. The van der Waals surface area contributed by atoms with Crippen molar-refractivity contribution in [2.75, 3.05) is 0 Å². The molecule has 6 radical (unpaired) electrons. The molecule has 0 aromatic heterocycles. The fourth-order valence-electron chi connectivity index (χ4n) is 0.632. The second-order valence-electron chi connectivity index (χ2n) is 2.01. The molecule has 0 aliphatic carbocycles. The van der Waals surface area contributed by atoms with Gasteiger partial charge in [0.05, 0.1) is 20.5 Å². The Morgan fingerprint density at radius 1 is 0.583 bits per heavy atom. The van der Waals surface area contributed by atoms with Crippen LogP contribution in [-0.2, 0) is 0 Å². The zero-order valence-corrected chi connectivity index (χ0v) is 7.51. The van der Waals surface area contributed by atoms with E-state index in [-0.39, 0.29) is 0 Å². The summed E-state index contributed by atoms with van der Waals surface area (Å²) in [6.07, 6.45) is 0. The zero-order chi connectivity index (χ0) is 9.46. The van der Waals surface area contributed by atoms with Gasteiger partial charge < -0.3 is 0 Å². The van der Waals surface area contributed by atoms with Crippen molar-refractivity contribution in [3.05, 3.63) is 23.3 Å². The van der Waals surface area contributed by atoms with Crippen LogP contribution in [0.5, 0.6) is 0 Å². The fourth-order valence-corrected chi connectivity index (χ4v) is 1.07. The SMILES string of the molecule is Fc1c(F)c(F)c([Si])c([Si])c1F. The molecule has 0 nitrogen and oxygen atoms in total. The van der Waals surface area contributed by atoms with Gasteiger partial charge in [-0.15, -0.1) is 0 Å². The largest absolute Gasteiger partial charge is 0.204 e.